The van der Waals surface area contributed by atoms with Crippen molar-refractivity contribution in [1.29, 1.82) is 0 Å². The highest BCUT2D eigenvalue weighted by Gasteiger charge is 2.18. The Morgan fingerprint density at radius 1 is 1.27 bits per heavy atom. The molecule has 0 atom stereocenters. The predicted molar refractivity (Wildman–Crippen MR) is 153 cm³/mol. The van der Waals surface area contributed by atoms with Crippen LogP contribution >= 0.6 is 39.0 Å². The smallest absolute Gasteiger partial charge is 0.333 e. The minimum atomic E-state index is -0.669. The van der Waals surface area contributed by atoms with E-state index in [1.165, 1.54) is 18.5 Å². The van der Waals surface area contributed by atoms with Gasteiger partial charge in [0, 0.05) is 23.3 Å². The van der Waals surface area contributed by atoms with Gasteiger partial charge in [-0.1, -0.05) is 28.1 Å². The van der Waals surface area contributed by atoms with E-state index in [1.807, 2.05) is 0 Å². The maximum absolute atomic E-state index is 13.3. The number of carbonyl (C=O) groups is 2. The average Bonchev–Trinajstić information content (AvgIpc) is 3.42. The van der Waals surface area contributed by atoms with Crippen LogP contribution in [-0.2, 0) is 27.9 Å². The number of esters is 1. The van der Waals surface area contributed by atoms with Gasteiger partial charge in [0.15, 0.2) is 5.16 Å². The number of aryl methyl sites for hydroxylation is 1. The van der Waals surface area contributed by atoms with Crippen molar-refractivity contribution in [3.63, 3.8) is 0 Å². The van der Waals surface area contributed by atoms with Gasteiger partial charge in [0.25, 0.3) is 11.2 Å². The van der Waals surface area contributed by atoms with E-state index in [9.17, 15) is 24.5 Å². The lowest BCUT2D eigenvalue weighted by molar-refractivity contribution is -0.387. The number of nitrogens with one attached hydrogen (secondary N) is 1. The molecule has 2 aromatic heterocycles. The Morgan fingerprint density at radius 3 is 2.75 bits per heavy atom. The third-order valence-electron chi connectivity index (χ3n) is 5.22. The number of nitro benzene ring substituents is 1. The van der Waals surface area contributed by atoms with Crippen molar-refractivity contribution >= 4 is 74.4 Å². The molecule has 0 radical (unpaired) electrons. The summed E-state index contributed by atoms with van der Waals surface area (Å²) in [5, 5.41) is 22.7. The molecule has 15 heteroatoms. The summed E-state index contributed by atoms with van der Waals surface area (Å²) < 4.78 is 8.91. The molecule has 12 nitrogen and oxygen atoms in total. The molecule has 2 heterocycles. The maximum Gasteiger partial charge on any atom is 0.333 e. The highest BCUT2D eigenvalue weighted by molar-refractivity contribution is 9.10. The SMILES string of the molecule is CCOC(=O)/C=c1\s/c(=C\c2ccc(Sc3nncn3C)c([N+](=O)[O-])c2)c(=O)n1CC(=O)Nc1cccc(Br)c1. The van der Waals surface area contributed by atoms with Crippen LogP contribution in [0, 0.1) is 10.1 Å². The summed E-state index contributed by atoms with van der Waals surface area (Å²) >= 11 is 5.39. The second-order valence-electron chi connectivity index (χ2n) is 8.11. The lowest BCUT2D eigenvalue weighted by atomic mass is 10.2. The molecule has 4 aromatic rings. The first-order chi connectivity index (χ1) is 19.1. The van der Waals surface area contributed by atoms with E-state index in [4.69, 9.17) is 4.74 Å². The molecule has 0 aliphatic rings. The van der Waals surface area contributed by atoms with Gasteiger partial charge in [-0.3, -0.25) is 24.3 Å². The molecule has 0 fully saturated rings. The first-order valence-corrected chi connectivity index (χ1v) is 14.0. The first-order valence-electron chi connectivity index (χ1n) is 11.6. The number of carbonyl (C=O) groups excluding carboxylic acids is 2. The summed E-state index contributed by atoms with van der Waals surface area (Å²) in [7, 11) is 1.72. The number of benzene rings is 2. The van der Waals surface area contributed by atoms with E-state index in [-0.39, 0.29) is 28.0 Å². The minimum Gasteiger partial charge on any atom is -0.463 e. The molecule has 0 saturated heterocycles. The molecule has 0 aliphatic heterocycles. The van der Waals surface area contributed by atoms with E-state index in [1.54, 1.807) is 54.9 Å². The molecule has 1 amide bonds. The quantitative estimate of drug-likeness (QED) is 0.165. The fraction of sp³-hybridized carbons (Fsp3) is 0.160. The van der Waals surface area contributed by atoms with Crippen molar-refractivity contribution in [2.24, 2.45) is 7.05 Å². The van der Waals surface area contributed by atoms with Crippen molar-refractivity contribution in [2.45, 2.75) is 23.5 Å². The summed E-state index contributed by atoms with van der Waals surface area (Å²) in [5.74, 6) is -1.15. The Labute approximate surface area is 243 Å². The Kier molecular flexibility index (Phi) is 9.29. The topological polar surface area (TPSA) is 151 Å². The zero-order valence-electron chi connectivity index (χ0n) is 21.1. The Hall–Kier alpha value is -4.08. The number of halogens is 1. The van der Waals surface area contributed by atoms with Crippen LogP contribution in [0.1, 0.15) is 12.5 Å². The van der Waals surface area contributed by atoms with Crippen molar-refractivity contribution in [1.82, 2.24) is 19.3 Å². The zero-order valence-corrected chi connectivity index (χ0v) is 24.3. The first kappa shape index (κ1) is 28.9. The van der Waals surface area contributed by atoms with Crippen LogP contribution in [0.3, 0.4) is 0 Å². The number of hydrogen-bond acceptors (Lipinski definition) is 10. The van der Waals surface area contributed by atoms with Crippen molar-refractivity contribution < 1.29 is 19.2 Å². The molecule has 2 aromatic carbocycles. The van der Waals surface area contributed by atoms with Crippen LogP contribution in [0.25, 0.3) is 12.2 Å². The fourth-order valence-electron chi connectivity index (χ4n) is 3.46. The Bertz CT molecular complexity index is 1780. The fourth-order valence-corrected chi connectivity index (χ4v) is 5.74. The Balaban J connectivity index is 1.72. The highest BCUT2D eigenvalue weighted by Crippen LogP contribution is 2.34. The van der Waals surface area contributed by atoms with E-state index in [0.717, 1.165) is 38.2 Å². The number of ether oxygens (including phenoxy) is 1. The molecule has 4 rings (SSSR count). The van der Waals surface area contributed by atoms with E-state index in [2.05, 4.69) is 31.4 Å². The average molecular weight is 646 g/mol. The number of aromatic nitrogens is 4. The molecule has 0 bridgehead atoms. The summed E-state index contributed by atoms with van der Waals surface area (Å²) in [5.41, 5.74) is 0.202. The third kappa shape index (κ3) is 7.11. The molecule has 206 valence electrons. The Morgan fingerprint density at radius 2 is 2.08 bits per heavy atom. The molecule has 0 unspecified atom stereocenters. The van der Waals surface area contributed by atoms with Crippen LogP contribution in [0.5, 0.6) is 0 Å². The summed E-state index contributed by atoms with van der Waals surface area (Å²) in [6.07, 6.45) is 4.10. The molecular formula is C25H21BrN6O6S2. The van der Waals surface area contributed by atoms with Gasteiger partial charge in [-0.2, -0.15) is 0 Å². The lowest BCUT2D eigenvalue weighted by Gasteiger charge is -2.06. The highest BCUT2D eigenvalue weighted by atomic mass is 79.9. The van der Waals surface area contributed by atoms with Crippen molar-refractivity contribution in [2.75, 3.05) is 11.9 Å². The summed E-state index contributed by atoms with van der Waals surface area (Å²) in [4.78, 5) is 49.9. The monoisotopic (exact) mass is 644 g/mol. The molecule has 40 heavy (non-hydrogen) atoms. The number of nitrogens with zero attached hydrogens (tertiary/aromatic N) is 5. The zero-order chi connectivity index (χ0) is 28.8. The van der Waals surface area contributed by atoms with Crippen LogP contribution in [-0.4, -0.2) is 42.7 Å². The van der Waals surface area contributed by atoms with Crippen LogP contribution < -0.4 is 20.1 Å². The lowest BCUT2D eigenvalue weighted by Crippen LogP contribution is -2.36. The standard InChI is InChI=1S/C25H21BrN6O6S2/c1-3-38-23(34)12-22-31(13-21(33)28-17-6-4-5-16(26)11-17)24(35)20(39-22)10-15-7-8-19(18(9-15)32(36)37)40-25-29-27-14-30(25)2/h4-12,14H,3,13H2,1-2H3,(H,28,33)/b20-10-,22-12-. The molecule has 0 saturated carbocycles. The van der Waals surface area contributed by atoms with Gasteiger partial charge in [0.1, 0.15) is 17.5 Å². The normalized spacial score (nSPS) is 12.0. The van der Waals surface area contributed by atoms with Gasteiger partial charge >= 0.3 is 5.97 Å². The van der Waals surface area contributed by atoms with Gasteiger partial charge in [0.2, 0.25) is 5.91 Å². The second kappa shape index (κ2) is 12.8. The molecule has 1 N–H and O–H groups in total. The summed E-state index contributed by atoms with van der Waals surface area (Å²) in [6.45, 7) is 1.42. The number of rotatable bonds is 9. The predicted octanol–water partition coefficient (Wildman–Crippen LogP) is 2.67. The molecule has 0 aliphatic carbocycles. The van der Waals surface area contributed by atoms with Gasteiger partial charge in [-0.25, -0.2) is 4.79 Å². The second-order valence-corrected chi connectivity index (χ2v) is 11.1. The van der Waals surface area contributed by atoms with Crippen LogP contribution in [0.15, 0.2) is 68.1 Å². The number of hydrogen-bond donors (Lipinski definition) is 1. The molecular weight excluding hydrogens is 624 g/mol. The number of amides is 1. The molecule has 0 spiro atoms. The van der Waals surface area contributed by atoms with Crippen molar-refractivity contribution in [3.05, 3.63) is 88.5 Å². The van der Waals surface area contributed by atoms with E-state index >= 15 is 0 Å². The van der Waals surface area contributed by atoms with Gasteiger partial charge in [0.05, 0.1) is 27.0 Å². The van der Waals surface area contributed by atoms with E-state index in [0.29, 0.717) is 21.3 Å². The largest absolute Gasteiger partial charge is 0.463 e. The summed E-state index contributed by atoms with van der Waals surface area (Å²) in [6, 6.07) is 11.5. The maximum atomic E-state index is 13.3. The van der Waals surface area contributed by atoms with Gasteiger partial charge in [-0.05, 0) is 54.6 Å². The van der Waals surface area contributed by atoms with Gasteiger partial charge in [-0.15, -0.1) is 21.5 Å². The van der Waals surface area contributed by atoms with Crippen LogP contribution in [0.4, 0.5) is 11.4 Å². The number of nitro groups is 1. The number of anilines is 1. The van der Waals surface area contributed by atoms with E-state index < -0.39 is 22.4 Å². The van der Waals surface area contributed by atoms with Crippen LogP contribution in [0.2, 0.25) is 0 Å². The minimum absolute atomic E-state index is 0.135. The third-order valence-corrected chi connectivity index (χ3v) is 7.89. The van der Waals surface area contributed by atoms with Crippen molar-refractivity contribution in [3.8, 4) is 0 Å². The van der Waals surface area contributed by atoms with Gasteiger partial charge < -0.3 is 14.6 Å². The number of thiazole rings is 1.